The molecule has 136 valence electrons. The molecule has 3 aromatic rings. The standard InChI is InChI=1S/C20H17N3O4/c24-18-10-5-11-23(18)16-9-4-8-15(12-16)20(25)26-13-17-21-22-19(27-17)14-6-2-1-3-7-14/h1-4,6-9,12H,5,10-11,13H2. The number of amides is 1. The van der Waals surface area contributed by atoms with Crippen molar-refractivity contribution in [3.63, 3.8) is 0 Å². The highest BCUT2D eigenvalue weighted by Crippen LogP contribution is 2.23. The molecule has 0 unspecified atom stereocenters. The molecule has 27 heavy (non-hydrogen) atoms. The van der Waals surface area contributed by atoms with E-state index in [1.165, 1.54) is 0 Å². The third-order valence-electron chi connectivity index (χ3n) is 4.28. The monoisotopic (exact) mass is 363 g/mol. The van der Waals surface area contributed by atoms with Crippen LogP contribution in [0.25, 0.3) is 11.5 Å². The van der Waals surface area contributed by atoms with E-state index in [1.807, 2.05) is 36.4 Å². The Bertz CT molecular complexity index is 968. The summed E-state index contributed by atoms with van der Waals surface area (Å²) in [5, 5.41) is 7.86. The van der Waals surface area contributed by atoms with Crippen molar-refractivity contribution in [3.05, 3.63) is 66.1 Å². The van der Waals surface area contributed by atoms with Gasteiger partial charge in [0.05, 0.1) is 5.56 Å². The third kappa shape index (κ3) is 3.72. The number of carbonyl (C=O) groups is 2. The molecule has 0 atom stereocenters. The molecule has 0 spiro atoms. The fourth-order valence-corrected chi connectivity index (χ4v) is 2.94. The lowest BCUT2D eigenvalue weighted by Gasteiger charge is -2.16. The van der Waals surface area contributed by atoms with Crippen LogP contribution in [0.4, 0.5) is 5.69 Å². The quantitative estimate of drug-likeness (QED) is 0.647. The van der Waals surface area contributed by atoms with Gasteiger partial charge in [-0.1, -0.05) is 24.3 Å². The molecule has 0 saturated carbocycles. The summed E-state index contributed by atoms with van der Waals surface area (Å²) >= 11 is 0. The maximum absolute atomic E-state index is 12.3. The highest BCUT2D eigenvalue weighted by molar-refractivity contribution is 5.97. The van der Waals surface area contributed by atoms with Gasteiger partial charge >= 0.3 is 5.97 Å². The van der Waals surface area contributed by atoms with Crippen LogP contribution in [0.3, 0.4) is 0 Å². The maximum atomic E-state index is 12.3. The van der Waals surface area contributed by atoms with E-state index in [1.54, 1.807) is 23.1 Å². The molecule has 1 amide bonds. The van der Waals surface area contributed by atoms with E-state index in [0.29, 0.717) is 30.1 Å². The Morgan fingerprint density at radius 2 is 1.96 bits per heavy atom. The van der Waals surface area contributed by atoms with Crippen LogP contribution < -0.4 is 4.90 Å². The molecule has 0 bridgehead atoms. The first kappa shape index (κ1) is 17.0. The topological polar surface area (TPSA) is 85.5 Å². The van der Waals surface area contributed by atoms with Crippen LogP contribution in [0.2, 0.25) is 0 Å². The zero-order valence-electron chi connectivity index (χ0n) is 14.5. The Morgan fingerprint density at radius 1 is 1.11 bits per heavy atom. The van der Waals surface area contributed by atoms with Gasteiger partial charge in [-0.3, -0.25) is 4.79 Å². The summed E-state index contributed by atoms with van der Waals surface area (Å²) in [5.41, 5.74) is 1.87. The summed E-state index contributed by atoms with van der Waals surface area (Å²) in [4.78, 5) is 25.9. The number of anilines is 1. The van der Waals surface area contributed by atoms with Gasteiger partial charge in [-0.25, -0.2) is 4.79 Å². The minimum absolute atomic E-state index is 0.0693. The highest BCUT2D eigenvalue weighted by atomic mass is 16.5. The molecular formula is C20H17N3O4. The Morgan fingerprint density at radius 3 is 2.74 bits per heavy atom. The fourth-order valence-electron chi connectivity index (χ4n) is 2.94. The molecule has 0 N–H and O–H groups in total. The number of rotatable bonds is 5. The van der Waals surface area contributed by atoms with Crippen LogP contribution in [0.15, 0.2) is 59.0 Å². The number of esters is 1. The van der Waals surface area contributed by atoms with Gasteiger partial charge in [-0.15, -0.1) is 10.2 Å². The van der Waals surface area contributed by atoms with E-state index in [4.69, 9.17) is 9.15 Å². The number of aromatic nitrogens is 2. The smallest absolute Gasteiger partial charge is 0.338 e. The zero-order valence-corrected chi connectivity index (χ0v) is 14.5. The number of hydrogen-bond donors (Lipinski definition) is 0. The second-order valence-electron chi connectivity index (χ2n) is 6.14. The number of ether oxygens (including phenoxy) is 1. The second kappa shape index (κ2) is 7.41. The van der Waals surface area contributed by atoms with Gasteiger partial charge in [0.1, 0.15) is 0 Å². The lowest BCUT2D eigenvalue weighted by molar-refractivity contribution is -0.117. The molecular weight excluding hydrogens is 346 g/mol. The van der Waals surface area contributed by atoms with Gasteiger partial charge < -0.3 is 14.1 Å². The third-order valence-corrected chi connectivity index (χ3v) is 4.28. The van der Waals surface area contributed by atoms with Gasteiger partial charge in [0.15, 0.2) is 6.61 Å². The molecule has 4 rings (SSSR count). The largest absolute Gasteiger partial charge is 0.452 e. The molecule has 7 nitrogen and oxygen atoms in total. The van der Waals surface area contributed by atoms with Crippen LogP contribution in [0.5, 0.6) is 0 Å². The van der Waals surface area contributed by atoms with Crippen LogP contribution in [0.1, 0.15) is 29.1 Å². The number of benzene rings is 2. The van der Waals surface area contributed by atoms with E-state index in [2.05, 4.69) is 10.2 Å². The Hall–Kier alpha value is -3.48. The van der Waals surface area contributed by atoms with Crippen molar-refractivity contribution in [1.82, 2.24) is 10.2 Å². The lowest BCUT2D eigenvalue weighted by Crippen LogP contribution is -2.23. The van der Waals surface area contributed by atoms with E-state index in [-0.39, 0.29) is 18.4 Å². The zero-order chi connectivity index (χ0) is 18.6. The number of hydrogen-bond acceptors (Lipinski definition) is 6. The van der Waals surface area contributed by atoms with Crippen molar-refractivity contribution in [1.29, 1.82) is 0 Å². The van der Waals surface area contributed by atoms with E-state index in [9.17, 15) is 9.59 Å². The van der Waals surface area contributed by atoms with Crippen molar-refractivity contribution in [2.45, 2.75) is 19.4 Å². The first-order chi connectivity index (χ1) is 13.2. The first-order valence-electron chi connectivity index (χ1n) is 8.66. The summed E-state index contributed by atoms with van der Waals surface area (Å²) in [5.74, 6) is 0.145. The molecule has 1 aliphatic heterocycles. The molecule has 1 aliphatic rings. The predicted octanol–water partition coefficient (Wildman–Crippen LogP) is 3.22. The van der Waals surface area contributed by atoms with Gasteiger partial charge in [-0.2, -0.15) is 0 Å². The lowest BCUT2D eigenvalue weighted by atomic mass is 10.2. The van der Waals surface area contributed by atoms with Crippen molar-refractivity contribution >= 4 is 17.6 Å². The molecule has 2 aromatic carbocycles. The summed E-state index contributed by atoms with van der Waals surface area (Å²) < 4.78 is 10.8. The SMILES string of the molecule is O=C(OCc1nnc(-c2ccccc2)o1)c1cccc(N2CCCC2=O)c1. The van der Waals surface area contributed by atoms with Crippen molar-refractivity contribution < 1.29 is 18.7 Å². The maximum Gasteiger partial charge on any atom is 0.338 e. The average molecular weight is 363 g/mol. The fraction of sp³-hybridized carbons (Fsp3) is 0.200. The summed E-state index contributed by atoms with van der Waals surface area (Å²) in [6, 6.07) is 16.2. The Labute approximate surface area is 155 Å². The number of carbonyl (C=O) groups excluding carboxylic acids is 2. The highest BCUT2D eigenvalue weighted by Gasteiger charge is 2.22. The van der Waals surface area contributed by atoms with Crippen LogP contribution in [-0.4, -0.2) is 28.6 Å². The summed E-state index contributed by atoms with van der Waals surface area (Å²) in [6.45, 7) is 0.549. The van der Waals surface area contributed by atoms with Crippen LogP contribution >= 0.6 is 0 Å². The van der Waals surface area contributed by atoms with Crippen molar-refractivity contribution in [2.75, 3.05) is 11.4 Å². The molecule has 1 fully saturated rings. The Kier molecular flexibility index (Phi) is 4.65. The van der Waals surface area contributed by atoms with Gasteiger partial charge in [-0.05, 0) is 36.8 Å². The first-order valence-corrected chi connectivity index (χ1v) is 8.66. The molecule has 7 heteroatoms. The van der Waals surface area contributed by atoms with Gasteiger partial charge in [0, 0.05) is 24.2 Å². The molecule has 1 saturated heterocycles. The minimum Gasteiger partial charge on any atom is -0.452 e. The van der Waals surface area contributed by atoms with Gasteiger partial charge in [0.2, 0.25) is 11.8 Å². The Balaban J connectivity index is 1.41. The molecule has 2 heterocycles. The summed E-state index contributed by atoms with van der Waals surface area (Å²) in [6.07, 6.45) is 1.37. The predicted molar refractivity (Wildman–Crippen MR) is 96.9 cm³/mol. The van der Waals surface area contributed by atoms with Crippen molar-refractivity contribution in [2.24, 2.45) is 0 Å². The summed E-state index contributed by atoms with van der Waals surface area (Å²) in [7, 11) is 0. The van der Waals surface area contributed by atoms with Crippen LogP contribution in [-0.2, 0) is 16.1 Å². The van der Waals surface area contributed by atoms with Crippen LogP contribution in [0, 0.1) is 0 Å². The van der Waals surface area contributed by atoms with E-state index in [0.717, 1.165) is 12.0 Å². The van der Waals surface area contributed by atoms with E-state index < -0.39 is 5.97 Å². The molecule has 0 aliphatic carbocycles. The second-order valence-corrected chi connectivity index (χ2v) is 6.14. The van der Waals surface area contributed by atoms with Crippen molar-refractivity contribution in [3.8, 4) is 11.5 Å². The number of nitrogens with zero attached hydrogens (tertiary/aromatic N) is 3. The minimum atomic E-state index is -0.511. The average Bonchev–Trinajstić information content (AvgIpc) is 3.36. The van der Waals surface area contributed by atoms with Gasteiger partial charge in [0.25, 0.3) is 5.89 Å². The molecule has 1 aromatic heterocycles. The molecule has 0 radical (unpaired) electrons. The normalized spacial score (nSPS) is 13.8. The van der Waals surface area contributed by atoms with E-state index >= 15 is 0 Å².